The van der Waals surface area contributed by atoms with E-state index in [0.29, 0.717) is 19.3 Å². The van der Waals surface area contributed by atoms with Gasteiger partial charge in [-0.3, -0.25) is 14.4 Å². The average molecular weight is 1120 g/mol. The predicted molar refractivity (Wildman–Crippen MR) is 352 cm³/mol. The van der Waals surface area contributed by atoms with Gasteiger partial charge in [0, 0.05) is 19.3 Å². The number of unbranched alkanes of at least 4 members (excludes halogenated alkanes) is 18. The van der Waals surface area contributed by atoms with Crippen LogP contribution in [0.2, 0.25) is 0 Å². The topological polar surface area (TPSA) is 78.9 Å². The maximum atomic E-state index is 12.9. The summed E-state index contributed by atoms with van der Waals surface area (Å²) in [7, 11) is 0. The molecule has 0 aliphatic carbocycles. The van der Waals surface area contributed by atoms with Crippen LogP contribution in [0.4, 0.5) is 0 Å². The van der Waals surface area contributed by atoms with Crippen molar-refractivity contribution in [1.82, 2.24) is 0 Å². The Morgan fingerprint density at radius 1 is 0.247 bits per heavy atom. The van der Waals surface area contributed by atoms with Crippen molar-refractivity contribution in [3.8, 4) is 0 Å². The molecule has 0 saturated heterocycles. The largest absolute Gasteiger partial charge is 0.462 e. The van der Waals surface area contributed by atoms with Crippen LogP contribution in [0.5, 0.6) is 0 Å². The summed E-state index contributed by atoms with van der Waals surface area (Å²) in [4.78, 5) is 38.3. The Morgan fingerprint density at radius 2 is 0.444 bits per heavy atom. The molecule has 0 aromatic heterocycles. The number of rotatable bonds is 57. The lowest BCUT2D eigenvalue weighted by atomic mass is 10.1. The number of allylic oxidation sites excluding steroid dienone is 28. The van der Waals surface area contributed by atoms with Crippen molar-refractivity contribution in [2.75, 3.05) is 13.2 Å². The number of hydrogen-bond donors (Lipinski definition) is 0. The first-order valence-electron chi connectivity index (χ1n) is 32.6. The molecule has 0 aliphatic rings. The lowest BCUT2D eigenvalue weighted by Crippen LogP contribution is -2.30. The van der Waals surface area contributed by atoms with E-state index in [9.17, 15) is 14.4 Å². The molecular weight excluding hydrogens is 997 g/mol. The highest BCUT2D eigenvalue weighted by atomic mass is 16.6. The summed E-state index contributed by atoms with van der Waals surface area (Å²) in [6.45, 7) is 6.26. The van der Waals surface area contributed by atoms with E-state index < -0.39 is 6.10 Å². The fraction of sp³-hybridized carbons (Fsp3) is 0.587. The van der Waals surface area contributed by atoms with Gasteiger partial charge in [0.1, 0.15) is 13.2 Å². The molecule has 0 amide bonds. The second-order valence-electron chi connectivity index (χ2n) is 20.9. The zero-order valence-electron chi connectivity index (χ0n) is 52.0. The second kappa shape index (κ2) is 67.3. The van der Waals surface area contributed by atoms with Gasteiger partial charge in [0.05, 0.1) is 0 Å². The summed E-state index contributed by atoms with van der Waals surface area (Å²) in [6, 6.07) is 0. The number of carbonyl (C=O) groups excluding carboxylic acids is 3. The maximum Gasteiger partial charge on any atom is 0.306 e. The van der Waals surface area contributed by atoms with Gasteiger partial charge in [0.25, 0.3) is 0 Å². The highest BCUT2D eigenvalue weighted by Gasteiger charge is 2.19. The van der Waals surface area contributed by atoms with Gasteiger partial charge in [-0.1, -0.05) is 268 Å². The molecule has 6 nitrogen and oxygen atoms in total. The molecule has 1 atom stereocenters. The van der Waals surface area contributed by atoms with Gasteiger partial charge in [0.2, 0.25) is 0 Å². The van der Waals surface area contributed by atoms with Gasteiger partial charge in [-0.25, -0.2) is 0 Å². The summed E-state index contributed by atoms with van der Waals surface area (Å²) < 4.78 is 16.9. The summed E-state index contributed by atoms with van der Waals surface area (Å²) in [6.07, 6.45) is 99.3. The molecule has 0 spiro atoms. The van der Waals surface area contributed by atoms with Gasteiger partial charge < -0.3 is 14.2 Å². The second-order valence-corrected chi connectivity index (χ2v) is 20.9. The van der Waals surface area contributed by atoms with Crippen LogP contribution in [0.15, 0.2) is 170 Å². The van der Waals surface area contributed by atoms with Crippen molar-refractivity contribution in [2.45, 2.75) is 271 Å². The normalized spacial score (nSPS) is 13.3. The Kier molecular flexibility index (Phi) is 62.9. The average Bonchev–Trinajstić information content (AvgIpc) is 3.47. The molecule has 81 heavy (non-hydrogen) atoms. The molecule has 0 aliphatic heterocycles. The van der Waals surface area contributed by atoms with E-state index in [-0.39, 0.29) is 31.1 Å². The van der Waals surface area contributed by atoms with E-state index in [2.05, 4.69) is 191 Å². The number of ether oxygens (including phenoxy) is 3. The Bertz CT molecular complexity index is 1860. The van der Waals surface area contributed by atoms with E-state index in [0.717, 1.165) is 186 Å². The quantitative estimate of drug-likeness (QED) is 0.0261. The Labute approximate surface area is 498 Å². The fourth-order valence-corrected chi connectivity index (χ4v) is 8.43. The van der Waals surface area contributed by atoms with Crippen LogP contribution in [0.3, 0.4) is 0 Å². The van der Waals surface area contributed by atoms with Crippen LogP contribution in [-0.4, -0.2) is 37.2 Å². The molecule has 6 heteroatoms. The summed E-state index contributed by atoms with van der Waals surface area (Å²) >= 11 is 0. The Balaban J connectivity index is 4.40. The molecule has 454 valence electrons. The molecule has 0 bridgehead atoms. The SMILES string of the molecule is CC/C=C\C/C=C\C/C=C\C/C=C\C/C=C\C/C=C\C/C=C\C/C=C\CCCCCCCCC(=O)OCC(COC(=O)CCCCCCC/C=C\C/C=C\C/C=C\CC)OC(=O)CCCCCCCCC/C=C\C/C=C\C/C=C\CC. The third-order valence-electron chi connectivity index (χ3n) is 13.2. The zero-order valence-corrected chi connectivity index (χ0v) is 52.0. The first-order chi connectivity index (χ1) is 40.0. The first kappa shape index (κ1) is 75.8. The van der Waals surface area contributed by atoms with Crippen LogP contribution < -0.4 is 0 Å². The molecule has 0 saturated carbocycles. The zero-order chi connectivity index (χ0) is 58.5. The molecule has 0 aromatic rings. The predicted octanol–water partition coefficient (Wildman–Crippen LogP) is 22.7. The lowest BCUT2D eigenvalue weighted by Gasteiger charge is -2.18. The Morgan fingerprint density at radius 3 is 0.691 bits per heavy atom. The van der Waals surface area contributed by atoms with Crippen LogP contribution in [0, 0.1) is 0 Å². The van der Waals surface area contributed by atoms with Crippen LogP contribution in [-0.2, 0) is 28.6 Å². The van der Waals surface area contributed by atoms with Gasteiger partial charge in [-0.2, -0.15) is 0 Å². The molecule has 0 heterocycles. The minimum absolute atomic E-state index is 0.103. The molecule has 0 fully saturated rings. The molecular formula is C75H118O6. The third-order valence-corrected chi connectivity index (χ3v) is 13.2. The van der Waals surface area contributed by atoms with Crippen molar-refractivity contribution in [2.24, 2.45) is 0 Å². The molecule has 1 unspecified atom stereocenters. The summed E-state index contributed by atoms with van der Waals surface area (Å²) in [5.74, 6) is -0.947. The highest BCUT2D eigenvalue weighted by molar-refractivity contribution is 5.71. The minimum atomic E-state index is -0.807. The van der Waals surface area contributed by atoms with Gasteiger partial charge in [0.15, 0.2) is 6.10 Å². The Hall–Kier alpha value is -5.23. The summed E-state index contributed by atoms with van der Waals surface area (Å²) in [5.41, 5.74) is 0. The smallest absolute Gasteiger partial charge is 0.306 e. The van der Waals surface area contributed by atoms with Crippen molar-refractivity contribution >= 4 is 17.9 Å². The standard InChI is InChI=1S/C75H118O6/c1-4-7-10-13-16-19-22-25-28-30-31-32-33-34-35-36-37-38-39-40-41-42-43-45-47-50-53-56-59-62-65-68-74(77)80-71-72(70-79-73(76)67-64-61-58-55-52-49-46-27-24-21-18-15-12-9-6-3)81-75(78)69-66-63-60-57-54-51-48-44-29-26-23-20-17-14-11-8-5-2/h7-12,16-21,25-29,31-32,34-35,37-38,40-41,43,45-46,72H,4-6,13-15,22-24,30,33,36,39,42,44,47-71H2,1-3H3/b10-7-,11-8-,12-9-,19-16-,20-17-,21-18-,28-25-,29-26-,32-31-,35-34-,38-37-,41-40-,45-43-,46-27-. The van der Waals surface area contributed by atoms with Gasteiger partial charge >= 0.3 is 17.9 Å². The van der Waals surface area contributed by atoms with Crippen LogP contribution in [0.25, 0.3) is 0 Å². The minimum Gasteiger partial charge on any atom is -0.462 e. The van der Waals surface area contributed by atoms with E-state index in [4.69, 9.17) is 14.2 Å². The third kappa shape index (κ3) is 65.5. The van der Waals surface area contributed by atoms with Gasteiger partial charge in [-0.05, 0) is 148 Å². The first-order valence-corrected chi connectivity index (χ1v) is 32.6. The molecule has 0 N–H and O–H groups in total. The van der Waals surface area contributed by atoms with Crippen molar-refractivity contribution in [1.29, 1.82) is 0 Å². The molecule has 0 radical (unpaired) electrons. The van der Waals surface area contributed by atoms with Crippen molar-refractivity contribution in [3.05, 3.63) is 170 Å². The fourth-order valence-electron chi connectivity index (χ4n) is 8.43. The highest BCUT2D eigenvalue weighted by Crippen LogP contribution is 2.14. The van der Waals surface area contributed by atoms with E-state index in [1.54, 1.807) is 0 Å². The van der Waals surface area contributed by atoms with E-state index in [1.165, 1.54) is 38.5 Å². The maximum absolute atomic E-state index is 12.9. The number of carbonyl (C=O) groups is 3. The van der Waals surface area contributed by atoms with Crippen LogP contribution >= 0.6 is 0 Å². The summed E-state index contributed by atoms with van der Waals surface area (Å²) in [5, 5.41) is 0. The van der Waals surface area contributed by atoms with Crippen molar-refractivity contribution < 1.29 is 28.6 Å². The van der Waals surface area contributed by atoms with Crippen LogP contribution in [0.1, 0.15) is 265 Å². The van der Waals surface area contributed by atoms with Crippen molar-refractivity contribution in [3.63, 3.8) is 0 Å². The number of esters is 3. The van der Waals surface area contributed by atoms with E-state index >= 15 is 0 Å². The monoisotopic (exact) mass is 1110 g/mol. The van der Waals surface area contributed by atoms with Gasteiger partial charge in [-0.15, -0.1) is 0 Å². The van der Waals surface area contributed by atoms with E-state index in [1.807, 2.05) is 0 Å². The number of hydrogen-bond acceptors (Lipinski definition) is 6. The molecule has 0 rings (SSSR count). The molecule has 0 aromatic carbocycles. The lowest BCUT2D eigenvalue weighted by molar-refractivity contribution is -0.167.